The third-order valence-electron chi connectivity index (χ3n) is 4.49. The molecule has 7 heteroatoms. The standard InChI is InChI=1S/C19H18ClN3O2S/c20-15-5-6-17-18(7-8-21-19(17)12-15)22-13-14-3-1-4-16(11-14)23-9-2-10-26(23,24)25/h1,3-8,11-12H,2,9-10,13H2,(H,21,22). The Bertz CT molecular complexity index is 1070. The van der Waals surface area contributed by atoms with Crippen LogP contribution in [0.25, 0.3) is 10.9 Å². The maximum atomic E-state index is 12.1. The predicted octanol–water partition coefficient (Wildman–Crippen LogP) is 4.04. The van der Waals surface area contributed by atoms with E-state index >= 15 is 0 Å². The zero-order valence-corrected chi connectivity index (χ0v) is 15.6. The molecular formula is C19H18ClN3O2S. The molecule has 0 saturated carbocycles. The maximum Gasteiger partial charge on any atom is 0.235 e. The minimum Gasteiger partial charge on any atom is -0.380 e. The number of sulfonamides is 1. The van der Waals surface area contributed by atoms with Gasteiger partial charge in [0.05, 0.1) is 17.0 Å². The Morgan fingerprint density at radius 1 is 1.15 bits per heavy atom. The Morgan fingerprint density at radius 3 is 2.85 bits per heavy atom. The van der Waals surface area contributed by atoms with Gasteiger partial charge in [0.25, 0.3) is 0 Å². The zero-order valence-electron chi connectivity index (χ0n) is 14.0. The summed E-state index contributed by atoms with van der Waals surface area (Å²) in [5, 5.41) is 5.06. The smallest absolute Gasteiger partial charge is 0.235 e. The number of aromatic nitrogens is 1. The second-order valence-electron chi connectivity index (χ2n) is 6.29. The van der Waals surface area contributed by atoms with Gasteiger partial charge in [-0.2, -0.15) is 0 Å². The first-order chi connectivity index (χ1) is 12.5. The normalized spacial score (nSPS) is 16.1. The van der Waals surface area contributed by atoms with Gasteiger partial charge in [-0.05, 0) is 48.4 Å². The van der Waals surface area contributed by atoms with Gasteiger partial charge in [-0.3, -0.25) is 9.29 Å². The van der Waals surface area contributed by atoms with Crippen LogP contribution < -0.4 is 9.62 Å². The van der Waals surface area contributed by atoms with E-state index in [1.807, 2.05) is 48.5 Å². The molecule has 26 heavy (non-hydrogen) atoms. The lowest BCUT2D eigenvalue weighted by molar-refractivity contribution is 0.599. The van der Waals surface area contributed by atoms with Crippen molar-refractivity contribution < 1.29 is 8.42 Å². The fourth-order valence-electron chi connectivity index (χ4n) is 3.22. The van der Waals surface area contributed by atoms with Crippen LogP contribution >= 0.6 is 11.6 Å². The fourth-order valence-corrected chi connectivity index (χ4v) is 4.95. The highest BCUT2D eigenvalue weighted by atomic mass is 35.5. The van der Waals surface area contributed by atoms with Crippen molar-refractivity contribution in [2.24, 2.45) is 0 Å². The van der Waals surface area contributed by atoms with Gasteiger partial charge >= 0.3 is 0 Å². The average Bonchev–Trinajstić information content (AvgIpc) is 2.99. The molecular weight excluding hydrogens is 370 g/mol. The van der Waals surface area contributed by atoms with Gasteiger partial charge in [-0.15, -0.1) is 0 Å². The molecule has 2 aromatic carbocycles. The van der Waals surface area contributed by atoms with E-state index in [-0.39, 0.29) is 5.75 Å². The molecule has 0 atom stereocenters. The lowest BCUT2D eigenvalue weighted by Crippen LogP contribution is -2.25. The first kappa shape index (κ1) is 17.1. The van der Waals surface area contributed by atoms with Crippen LogP contribution in [0.3, 0.4) is 0 Å². The molecule has 4 rings (SSSR count). The summed E-state index contributed by atoms with van der Waals surface area (Å²) >= 11 is 6.03. The van der Waals surface area contributed by atoms with Crippen molar-refractivity contribution in [2.45, 2.75) is 13.0 Å². The molecule has 134 valence electrons. The summed E-state index contributed by atoms with van der Waals surface area (Å²) in [6.07, 6.45) is 2.42. The molecule has 0 amide bonds. The van der Waals surface area contributed by atoms with Gasteiger partial charge in [-0.25, -0.2) is 8.42 Å². The van der Waals surface area contributed by atoms with E-state index in [1.54, 1.807) is 6.20 Å². The van der Waals surface area contributed by atoms with E-state index in [2.05, 4.69) is 10.3 Å². The average molecular weight is 388 g/mol. The number of halogens is 1. The SMILES string of the molecule is O=S1(=O)CCCN1c1cccc(CNc2ccnc3cc(Cl)ccc23)c1. The van der Waals surface area contributed by atoms with Crippen molar-refractivity contribution in [3.63, 3.8) is 0 Å². The highest BCUT2D eigenvalue weighted by Gasteiger charge is 2.28. The predicted molar refractivity (Wildman–Crippen MR) is 106 cm³/mol. The number of rotatable bonds is 4. The lowest BCUT2D eigenvalue weighted by Gasteiger charge is -2.18. The highest BCUT2D eigenvalue weighted by Crippen LogP contribution is 2.27. The molecule has 0 bridgehead atoms. The Balaban J connectivity index is 1.57. The summed E-state index contributed by atoms with van der Waals surface area (Å²) in [5.41, 5.74) is 3.54. The fraction of sp³-hybridized carbons (Fsp3) is 0.211. The monoisotopic (exact) mass is 387 g/mol. The molecule has 1 aromatic heterocycles. The number of pyridine rings is 1. The third-order valence-corrected chi connectivity index (χ3v) is 6.59. The molecule has 0 radical (unpaired) electrons. The molecule has 1 aliphatic heterocycles. The largest absolute Gasteiger partial charge is 0.380 e. The quantitative estimate of drug-likeness (QED) is 0.733. The minimum atomic E-state index is -3.16. The topological polar surface area (TPSA) is 62.3 Å². The molecule has 1 saturated heterocycles. The third kappa shape index (κ3) is 3.34. The van der Waals surface area contributed by atoms with Crippen LogP contribution in [0.15, 0.2) is 54.7 Å². The summed E-state index contributed by atoms with van der Waals surface area (Å²) in [7, 11) is -3.16. The first-order valence-electron chi connectivity index (χ1n) is 8.40. The number of nitrogens with one attached hydrogen (secondary N) is 1. The summed E-state index contributed by atoms with van der Waals surface area (Å²) < 4.78 is 25.7. The molecule has 0 unspecified atom stereocenters. The van der Waals surface area contributed by atoms with Crippen LogP contribution in [0.5, 0.6) is 0 Å². The van der Waals surface area contributed by atoms with Crippen molar-refractivity contribution in [2.75, 3.05) is 21.9 Å². The number of fused-ring (bicyclic) bond motifs is 1. The maximum absolute atomic E-state index is 12.1. The Hall–Kier alpha value is -2.31. The summed E-state index contributed by atoms with van der Waals surface area (Å²) in [6.45, 7) is 1.14. The second-order valence-corrected chi connectivity index (χ2v) is 8.73. The van der Waals surface area contributed by atoms with Gasteiger partial charge in [-0.1, -0.05) is 23.7 Å². The van der Waals surface area contributed by atoms with Crippen LogP contribution in [0, 0.1) is 0 Å². The van der Waals surface area contributed by atoms with Crippen LogP contribution in [0.1, 0.15) is 12.0 Å². The van der Waals surface area contributed by atoms with E-state index in [4.69, 9.17) is 11.6 Å². The summed E-state index contributed by atoms with van der Waals surface area (Å²) in [5.74, 6) is 0.223. The number of nitrogens with zero attached hydrogens (tertiary/aromatic N) is 2. The van der Waals surface area contributed by atoms with Gasteiger partial charge in [0.15, 0.2) is 0 Å². The first-order valence-corrected chi connectivity index (χ1v) is 10.4. The molecule has 0 aliphatic carbocycles. The Morgan fingerprint density at radius 2 is 2.04 bits per heavy atom. The van der Waals surface area contributed by atoms with Gasteiger partial charge in [0.1, 0.15) is 0 Å². The lowest BCUT2D eigenvalue weighted by atomic mass is 10.1. The molecule has 1 aliphatic rings. The van der Waals surface area contributed by atoms with E-state index in [9.17, 15) is 8.42 Å². The number of benzene rings is 2. The van der Waals surface area contributed by atoms with Crippen molar-refractivity contribution in [3.05, 3.63) is 65.3 Å². The highest BCUT2D eigenvalue weighted by molar-refractivity contribution is 7.93. The van der Waals surface area contributed by atoms with Crippen LogP contribution in [-0.2, 0) is 16.6 Å². The Labute approximate surface area is 157 Å². The number of hydrogen-bond acceptors (Lipinski definition) is 4. The minimum absolute atomic E-state index is 0.223. The van der Waals surface area contributed by atoms with Crippen molar-refractivity contribution in [1.29, 1.82) is 0 Å². The van der Waals surface area contributed by atoms with E-state index < -0.39 is 10.0 Å². The van der Waals surface area contributed by atoms with Gasteiger partial charge < -0.3 is 5.32 Å². The van der Waals surface area contributed by atoms with Crippen molar-refractivity contribution in [1.82, 2.24) is 4.98 Å². The summed E-state index contributed by atoms with van der Waals surface area (Å²) in [6, 6.07) is 15.2. The van der Waals surface area contributed by atoms with E-state index in [0.717, 1.165) is 27.8 Å². The van der Waals surface area contributed by atoms with Crippen molar-refractivity contribution in [3.8, 4) is 0 Å². The number of anilines is 2. The van der Waals surface area contributed by atoms with E-state index in [0.29, 0.717) is 24.5 Å². The van der Waals surface area contributed by atoms with Crippen molar-refractivity contribution >= 4 is 43.9 Å². The van der Waals surface area contributed by atoms with E-state index in [1.165, 1.54) is 4.31 Å². The molecule has 2 heterocycles. The molecule has 3 aromatic rings. The van der Waals surface area contributed by atoms with Gasteiger partial charge in [0, 0.05) is 35.4 Å². The Kier molecular flexibility index (Phi) is 4.46. The summed E-state index contributed by atoms with van der Waals surface area (Å²) in [4.78, 5) is 4.34. The van der Waals surface area contributed by atoms with Crippen LogP contribution in [-0.4, -0.2) is 25.7 Å². The second kappa shape index (κ2) is 6.78. The van der Waals surface area contributed by atoms with Crippen LogP contribution in [0.2, 0.25) is 5.02 Å². The van der Waals surface area contributed by atoms with Crippen LogP contribution in [0.4, 0.5) is 11.4 Å². The zero-order chi connectivity index (χ0) is 18.1. The van der Waals surface area contributed by atoms with Gasteiger partial charge in [0.2, 0.25) is 10.0 Å². The molecule has 5 nitrogen and oxygen atoms in total. The molecule has 1 N–H and O–H groups in total. The molecule has 1 fully saturated rings. The number of hydrogen-bond donors (Lipinski definition) is 1. The molecule has 0 spiro atoms.